The maximum Gasteiger partial charge on any atom is 0.224 e. The Balaban J connectivity index is 2.38. The van der Waals surface area contributed by atoms with Gasteiger partial charge in [0.15, 0.2) is 0 Å². The van der Waals surface area contributed by atoms with Gasteiger partial charge < -0.3 is 10.2 Å². The minimum atomic E-state index is 0.132. The van der Waals surface area contributed by atoms with Crippen LogP contribution in [0.5, 0.6) is 0 Å². The van der Waals surface area contributed by atoms with E-state index in [-0.39, 0.29) is 5.91 Å². The van der Waals surface area contributed by atoms with Crippen molar-refractivity contribution in [3.05, 3.63) is 17.5 Å². The Hall–Kier alpha value is -1.36. The average Bonchev–Trinajstić information content (AvgIpc) is 2.33. The number of amides is 1. The molecule has 1 rings (SSSR count). The number of hydrogen-bond acceptors (Lipinski definition) is 4. The summed E-state index contributed by atoms with van der Waals surface area (Å²) >= 11 is 5.87. The maximum absolute atomic E-state index is 11.7. The van der Waals surface area contributed by atoms with Crippen molar-refractivity contribution < 1.29 is 4.79 Å². The largest absolute Gasteiger partial charge is 0.368 e. The van der Waals surface area contributed by atoms with Gasteiger partial charge in [-0.1, -0.05) is 11.6 Å². The molecule has 0 spiro atoms. The first-order valence-electron chi connectivity index (χ1n) is 5.66. The van der Waals surface area contributed by atoms with Crippen LogP contribution in [0.1, 0.15) is 20.3 Å². The predicted molar refractivity (Wildman–Crippen MR) is 68.1 cm³/mol. The van der Waals surface area contributed by atoms with Crippen molar-refractivity contribution >= 4 is 23.3 Å². The van der Waals surface area contributed by atoms with Gasteiger partial charge in [0, 0.05) is 26.1 Å². The molecule has 1 amide bonds. The first-order chi connectivity index (χ1) is 8.19. The molecule has 1 heterocycles. The molecule has 0 saturated carbocycles. The molecule has 1 aromatic rings. The van der Waals surface area contributed by atoms with E-state index in [1.807, 2.05) is 13.8 Å². The number of carbonyl (C=O) groups excluding carboxylic acids is 1. The van der Waals surface area contributed by atoms with Crippen LogP contribution in [-0.2, 0) is 4.79 Å². The number of hydrogen-bond donors (Lipinski definition) is 1. The van der Waals surface area contributed by atoms with Crippen molar-refractivity contribution in [2.24, 2.45) is 0 Å². The summed E-state index contributed by atoms with van der Waals surface area (Å²) in [5, 5.41) is 3.48. The Morgan fingerprint density at radius 1 is 1.47 bits per heavy atom. The molecule has 1 aromatic heterocycles. The van der Waals surface area contributed by atoms with Crippen LogP contribution in [0.15, 0.2) is 12.5 Å². The van der Waals surface area contributed by atoms with Crippen LogP contribution in [0.3, 0.4) is 0 Å². The molecule has 0 aliphatic heterocycles. The molecule has 0 radical (unpaired) electrons. The van der Waals surface area contributed by atoms with Crippen LogP contribution in [-0.4, -0.2) is 40.4 Å². The van der Waals surface area contributed by atoms with Crippen molar-refractivity contribution in [3.8, 4) is 0 Å². The first-order valence-corrected chi connectivity index (χ1v) is 6.04. The fourth-order valence-corrected chi connectivity index (χ4v) is 1.64. The van der Waals surface area contributed by atoms with E-state index in [0.29, 0.717) is 23.8 Å². The van der Waals surface area contributed by atoms with Crippen LogP contribution in [0.25, 0.3) is 0 Å². The Morgan fingerprint density at radius 3 is 2.76 bits per heavy atom. The molecule has 0 aromatic carbocycles. The highest BCUT2D eigenvalue weighted by molar-refractivity contribution is 6.32. The van der Waals surface area contributed by atoms with E-state index in [1.54, 1.807) is 4.90 Å². The Bertz CT molecular complexity index is 368. The van der Waals surface area contributed by atoms with Gasteiger partial charge in [-0.3, -0.25) is 4.79 Å². The van der Waals surface area contributed by atoms with E-state index < -0.39 is 0 Å². The summed E-state index contributed by atoms with van der Waals surface area (Å²) in [6.45, 7) is 5.94. The first kappa shape index (κ1) is 13.7. The number of rotatable bonds is 6. The van der Waals surface area contributed by atoms with Gasteiger partial charge in [0.2, 0.25) is 5.91 Å². The zero-order chi connectivity index (χ0) is 12.7. The Kier molecular flexibility index (Phi) is 5.69. The summed E-state index contributed by atoms with van der Waals surface area (Å²) in [7, 11) is 0. The topological polar surface area (TPSA) is 58.1 Å². The number of halogens is 1. The third-order valence-electron chi connectivity index (χ3n) is 2.42. The molecule has 5 nitrogen and oxygen atoms in total. The lowest BCUT2D eigenvalue weighted by Crippen LogP contribution is -2.31. The van der Waals surface area contributed by atoms with E-state index in [4.69, 9.17) is 11.6 Å². The Labute approximate surface area is 106 Å². The number of anilines is 1. The highest BCUT2D eigenvalue weighted by Crippen LogP contribution is 2.15. The zero-order valence-electron chi connectivity index (χ0n) is 10.1. The summed E-state index contributed by atoms with van der Waals surface area (Å²) < 4.78 is 0. The van der Waals surface area contributed by atoms with E-state index in [0.717, 1.165) is 13.1 Å². The van der Waals surface area contributed by atoms with Crippen LogP contribution >= 0.6 is 11.6 Å². The minimum Gasteiger partial charge on any atom is -0.368 e. The van der Waals surface area contributed by atoms with Crippen LogP contribution in [0.4, 0.5) is 5.82 Å². The van der Waals surface area contributed by atoms with Gasteiger partial charge >= 0.3 is 0 Å². The lowest BCUT2D eigenvalue weighted by atomic mass is 10.3. The molecule has 0 aliphatic carbocycles. The molecule has 0 fully saturated rings. The van der Waals surface area contributed by atoms with Crippen molar-refractivity contribution in [2.45, 2.75) is 20.3 Å². The monoisotopic (exact) mass is 256 g/mol. The lowest BCUT2D eigenvalue weighted by molar-refractivity contribution is -0.130. The average molecular weight is 257 g/mol. The normalized spacial score (nSPS) is 10.1. The fourth-order valence-electron chi connectivity index (χ4n) is 1.46. The van der Waals surface area contributed by atoms with Crippen molar-refractivity contribution in [1.82, 2.24) is 14.9 Å². The zero-order valence-corrected chi connectivity index (χ0v) is 10.9. The number of aromatic nitrogens is 2. The van der Waals surface area contributed by atoms with Gasteiger partial charge in [0.25, 0.3) is 0 Å². The fraction of sp³-hybridized carbons (Fsp3) is 0.545. The smallest absolute Gasteiger partial charge is 0.224 e. The second-order valence-electron chi connectivity index (χ2n) is 3.46. The molecule has 0 aliphatic rings. The Morgan fingerprint density at radius 2 is 2.18 bits per heavy atom. The third kappa shape index (κ3) is 4.19. The van der Waals surface area contributed by atoms with E-state index in [2.05, 4.69) is 15.3 Å². The quantitative estimate of drug-likeness (QED) is 0.843. The molecule has 0 bridgehead atoms. The second-order valence-corrected chi connectivity index (χ2v) is 3.87. The van der Waals surface area contributed by atoms with Crippen LogP contribution < -0.4 is 5.32 Å². The summed E-state index contributed by atoms with van der Waals surface area (Å²) in [4.78, 5) is 21.3. The molecule has 1 N–H and O–H groups in total. The third-order valence-corrected chi connectivity index (χ3v) is 2.69. The lowest BCUT2D eigenvalue weighted by Gasteiger charge is -2.18. The molecule has 0 saturated heterocycles. The van der Waals surface area contributed by atoms with E-state index in [9.17, 15) is 4.79 Å². The molecule has 0 atom stereocenters. The summed E-state index contributed by atoms with van der Waals surface area (Å²) in [5.74, 6) is 0.696. The SMILES string of the molecule is CCN(CC)C(=O)CCNc1ncncc1Cl. The van der Waals surface area contributed by atoms with E-state index >= 15 is 0 Å². The van der Waals surface area contributed by atoms with Crippen molar-refractivity contribution in [1.29, 1.82) is 0 Å². The summed E-state index contributed by atoms with van der Waals surface area (Å²) in [5.41, 5.74) is 0. The van der Waals surface area contributed by atoms with Crippen LogP contribution in [0.2, 0.25) is 5.02 Å². The van der Waals surface area contributed by atoms with Crippen molar-refractivity contribution in [2.75, 3.05) is 25.0 Å². The van der Waals surface area contributed by atoms with Crippen LogP contribution in [0, 0.1) is 0 Å². The number of nitrogens with zero attached hydrogens (tertiary/aromatic N) is 3. The summed E-state index contributed by atoms with van der Waals surface area (Å²) in [6.07, 6.45) is 3.37. The molecular weight excluding hydrogens is 240 g/mol. The van der Waals surface area contributed by atoms with Gasteiger partial charge in [-0.25, -0.2) is 9.97 Å². The minimum absolute atomic E-state index is 0.132. The van der Waals surface area contributed by atoms with Crippen molar-refractivity contribution in [3.63, 3.8) is 0 Å². The van der Waals surface area contributed by atoms with E-state index in [1.165, 1.54) is 12.5 Å². The predicted octanol–water partition coefficient (Wildman–Crippen LogP) is 1.80. The van der Waals surface area contributed by atoms with Gasteiger partial charge in [0.05, 0.1) is 6.20 Å². The highest BCUT2D eigenvalue weighted by Gasteiger charge is 2.09. The number of nitrogens with one attached hydrogen (secondary N) is 1. The van der Waals surface area contributed by atoms with Gasteiger partial charge in [0.1, 0.15) is 17.2 Å². The molecule has 6 heteroatoms. The van der Waals surface area contributed by atoms with Gasteiger partial charge in [-0.05, 0) is 13.8 Å². The molecule has 17 heavy (non-hydrogen) atoms. The second kappa shape index (κ2) is 7.06. The number of carbonyl (C=O) groups is 1. The van der Waals surface area contributed by atoms with Gasteiger partial charge in [-0.2, -0.15) is 0 Å². The van der Waals surface area contributed by atoms with Gasteiger partial charge in [-0.15, -0.1) is 0 Å². The summed E-state index contributed by atoms with van der Waals surface area (Å²) in [6, 6.07) is 0. The highest BCUT2D eigenvalue weighted by atomic mass is 35.5. The molecule has 0 unspecified atom stereocenters. The molecular formula is C11H17ClN4O. The maximum atomic E-state index is 11.7. The molecule has 94 valence electrons. The standard InChI is InChI=1S/C11H17ClN4O/c1-3-16(4-2)10(17)5-6-14-11-9(12)7-13-8-15-11/h7-8H,3-6H2,1-2H3,(H,13,14,15).